The lowest BCUT2D eigenvalue weighted by Crippen LogP contribution is -2.32. The van der Waals surface area contributed by atoms with E-state index in [1.165, 1.54) is 12.1 Å². The van der Waals surface area contributed by atoms with Crippen LogP contribution >= 0.6 is 0 Å². The van der Waals surface area contributed by atoms with Crippen molar-refractivity contribution < 1.29 is 15.0 Å². The molecule has 14 heavy (non-hydrogen) atoms. The molecular formula is C9H12N2O3. The molecule has 0 aliphatic carbocycles. The molecule has 6 N–H and O–H groups in total. The van der Waals surface area contributed by atoms with Gasteiger partial charge in [-0.15, -0.1) is 0 Å². The molecule has 0 aliphatic rings. The number of hydrogen-bond donors (Lipinski definition) is 4. The predicted octanol–water partition coefficient (Wildman–Crippen LogP) is -0.0712. The average molecular weight is 196 g/mol. The summed E-state index contributed by atoms with van der Waals surface area (Å²) in [5, 5.41) is 17.8. The van der Waals surface area contributed by atoms with Crippen molar-refractivity contribution >= 4 is 11.7 Å². The van der Waals surface area contributed by atoms with Crippen molar-refractivity contribution in [1.82, 2.24) is 0 Å². The van der Waals surface area contributed by atoms with Crippen molar-refractivity contribution in [2.45, 2.75) is 12.5 Å². The summed E-state index contributed by atoms with van der Waals surface area (Å²) in [5.74, 6) is -1.12. The van der Waals surface area contributed by atoms with Crippen molar-refractivity contribution in [1.29, 1.82) is 0 Å². The van der Waals surface area contributed by atoms with Gasteiger partial charge in [0.05, 0.1) is 5.69 Å². The maximum absolute atomic E-state index is 10.4. The fourth-order valence-electron chi connectivity index (χ4n) is 1.06. The van der Waals surface area contributed by atoms with E-state index in [1.54, 1.807) is 6.07 Å². The first kappa shape index (κ1) is 10.3. The Morgan fingerprint density at radius 3 is 2.64 bits per heavy atom. The predicted molar refractivity (Wildman–Crippen MR) is 51.8 cm³/mol. The molecule has 0 spiro atoms. The smallest absolute Gasteiger partial charge is 0.320 e. The van der Waals surface area contributed by atoms with Crippen LogP contribution in [0.2, 0.25) is 0 Å². The van der Waals surface area contributed by atoms with Gasteiger partial charge in [0.15, 0.2) is 0 Å². The Balaban J connectivity index is 2.78. The number of aliphatic carboxylic acids is 1. The summed E-state index contributed by atoms with van der Waals surface area (Å²) >= 11 is 0. The van der Waals surface area contributed by atoms with Crippen LogP contribution in [0.3, 0.4) is 0 Å². The van der Waals surface area contributed by atoms with Gasteiger partial charge in [0.1, 0.15) is 11.8 Å². The number of phenols is 1. The standard InChI is InChI=1S/C9H12N2O3/c10-6-2-1-5(4-8(6)12)3-7(11)9(13)14/h1-2,4,7,12H,3,10-11H2,(H,13,14)/t7-/m1/s1. The molecule has 0 heterocycles. The van der Waals surface area contributed by atoms with Gasteiger partial charge >= 0.3 is 5.97 Å². The SMILES string of the molecule is Nc1ccc(C[C@@H](N)C(=O)O)cc1O. The molecule has 0 fully saturated rings. The van der Waals surface area contributed by atoms with Crippen molar-refractivity contribution in [3.63, 3.8) is 0 Å². The second-order valence-corrected chi connectivity index (χ2v) is 3.04. The summed E-state index contributed by atoms with van der Waals surface area (Å²) in [6, 6.07) is 3.60. The van der Waals surface area contributed by atoms with Crippen LogP contribution < -0.4 is 11.5 Å². The van der Waals surface area contributed by atoms with E-state index in [0.717, 1.165) is 0 Å². The van der Waals surface area contributed by atoms with E-state index in [9.17, 15) is 9.90 Å². The lowest BCUT2D eigenvalue weighted by molar-refractivity contribution is -0.138. The van der Waals surface area contributed by atoms with Crippen LogP contribution in [0.1, 0.15) is 5.56 Å². The maximum atomic E-state index is 10.4. The van der Waals surface area contributed by atoms with E-state index in [2.05, 4.69) is 0 Å². The molecule has 0 aromatic heterocycles. The molecular weight excluding hydrogens is 184 g/mol. The Morgan fingerprint density at radius 2 is 2.14 bits per heavy atom. The van der Waals surface area contributed by atoms with Gasteiger partial charge in [0.2, 0.25) is 0 Å². The number of carbonyl (C=O) groups is 1. The van der Waals surface area contributed by atoms with Crippen LogP contribution in [0, 0.1) is 0 Å². The van der Waals surface area contributed by atoms with Crippen molar-refractivity contribution in [2.24, 2.45) is 5.73 Å². The molecule has 76 valence electrons. The molecule has 0 unspecified atom stereocenters. The highest BCUT2D eigenvalue weighted by Gasteiger charge is 2.12. The van der Waals surface area contributed by atoms with Gasteiger partial charge in [-0.1, -0.05) is 6.07 Å². The van der Waals surface area contributed by atoms with Crippen LogP contribution in [0.4, 0.5) is 5.69 Å². The van der Waals surface area contributed by atoms with Crippen LogP contribution in [-0.2, 0) is 11.2 Å². The number of benzene rings is 1. The van der Waals surface area contributed by atoms with Crippen molar-refractivity contribution in [3.8, 4) is 5.75 Å². The summed E-state index contributed by atoms with van der Waals surface area (Å²) in [4.78, 5) is 10.4. The van der Waals surface area contributed by atoms with Crippen molar-refractivity contribution in [3.05, 3.63) is 23.8 Å². The van der Waals surface area contributed by atoms with Crippen LogP contribution in [0.25, 0.3) is 0 Å². The first-order valence-corrected chi connectivity index (χ1v) is 4.06. The van der Waals surface area contributed by atoms with Crippen LogP contribution in [0.5, 0.6) is 5.75 Å². The highest BCUT2D eigenvalue weighted by Crippen LogP contribution is 2.21. The van der Waals surface area contributed by atoms with E-state index in [1.807, 2.05) is 0 Å². The third kappa shape index (κ3) is 2.37. The normalized spacial score (nSPS) is 12.4. The Labute approximate surface area is 81.0 Å². The van der Waals surface area contributed by atoms with E-state index < -0.39 is 12.0 Å². The number of phenolic OH excluding ortho intramolecular Hbond substituents is 1. The highest BCUT2D eigenvalue weighted by molar-refractivity contribution is 5.73. The van der Waals surface area contributed by atoms with Gasteiger partial charge in [-0.05, 0) is 24.1 Å². The molecule has 5 heteroatoms. The number of carboxylic acid groups (broad SMARTS) is 1. The number of anilines is 1. The van der Waals surface area contributed by atoms with Gasteiger partial charge in [0, 0.05) is 0 Å². The van der Waals surface area contributed by atoms with Gasteiger partial charge in [0.25, 0.3) is 0 Å². The van der Waals surface area contributed by atoms with Gasteiger partial charge in [-0.3, -0.25) is 4.79 Å². The Hall–Kier alpha value is -1.75. The number of rotatable bonds is 3. The third-order valence-electron chi connectivity index (χ3n) is 1.87. The lowest BCUT2D eigenvalue weighted by Gasteiger charge is -2.07. The fourth-order valence-corrected chi connectivity index (χ4v) is 1.06. The number of nitrogens with two attached hydrogens (primary N) is 2. The van der Waals surface area contributed by atoms with Crippen LogP contribution in [0.15, 0.2) is 18.2 Å². The van der Waals surface area contributed by atoms with Crippen LogP contribution in [-0.4, -0.2) is 22.2 Å². The fraction of sp³-hybridized carbons (Fsp3) is 0.222. The first-order chi connectivity index (χ1) is 6.50. The zero-order chi connectivity index (χ0) is 10.7. The second kappa shape index (κ2) is 3.97. The number of nitrogen functional groups attached to an aromatic ring is 1. The molecule has 1 aromatic carbocycles. The minimum absolute atomic E-state index is 0.0555. The highest BCUT2D eigenvalue weighted by atomic mass is 16.4. The number of carboxylic acids is 1. The Bertz CT molecular complexity index is 352. The monoisotopic (exact) mass is 196 g/mol. The first-order valence-electron chi connectivity index (χ1n) is 4.06. The largest absolute Gasteiger partial charge is 0.506 e. The van der Waals surface area contributed by atoms with Gasteiger partial charge in [-0.2, -0.15) is 0 Å². The summed E-state index contributed by atoms with van der Waals surface area (Å²) in [6.45, 7) is 0. The molecule has 1 atom stereocenters. The number of hydrogen-bond acceptors (Lipinski definition) is 4. The van der Waals surface area contributed by atoms with Gasteiger partial charge in [-0.25, -0.2) is 0 Å². The molecule has 0 bridgehead atoms. The molecule has 0 saturated carbocycles. The van der Waals surface area contributed by atoms with E-state index in [4.69, 9.17) is 16.6 Å². The zero-order valence-corrected chi connectivity index (χ0v) is 7.47. The molecule has 0 saturated heterocycles. The topological polar surface area (TPSA) is 110 Å². The maximum Gasteiger partial charge on any atom is 0.320 e. The lowest BCUT2D eigenvalue weighted by atomic mass is 10.1. The quantitative estimate of drug-likeness (QED) is 0.399. The minimum atomic E-state index is -1.07. The third-order valence-corrected chi connectivity index (χ3v) is 1.87. The van der Waals surface area contributed by atoms with Gasteiger partial charge < -0.3 is 21.7 Å². The summed E-state index contributed by atoms with van der Waals surface area (Å²) in [6.07, 6.45) is 0.170. The molecule has 1 aromatic rings. The van der Waals surface area contributed by atoms with E-state index >= 15 is 0 Å². The molecule has 0 amide bonds. The summed E-state index contributed by atoms with van der Waals surface area (Å²) in [7, 11) is 0. The molecule has 0 aliphatic heterocycles. The summed E-state index contributed by atoms with van der Waals surface area (Å²) < 4.78 is 0. The molecule has 5 nitrogen and oxygen atoms in total. The Morgan fingerprint density at radius 1 is 1.50 bits per heavy atom. The van der Waals surface area contributed by atoms with E-state index in [-0.39, 0.29) is 17.9 Å². The summed E-state index contributed by atoms with van der Waals surface area (Å²) in [5.41, 5.74) is 11.6. The minimum Gasteiger partial charge on any atom is -0.506 e. The number of aromatic hydroxyl groups is 1. The average Bonchev–Trinajstić information content (AvgIpc) is 2.11. The Kier molecular flexibility index (Phi) is 2.93. The molecule has 1 rings (SSSR count). The van der Waals surface area contributed by atoms with Crippen molar-refractivity contribution in [2.75, 3.05) is 5.73 Å². The second-order valence-electron chi connectivity index (χ2n) is 3.04. The van der Waals surface area contributed by atoms with E-state index in [0.29, 0.717) is 5.56 Å². The zero-order valence-electron chi connectivity index (χ0n) is 7.47. The molecule has 0 radical (unpaired) electrons.